The molecule has 1 aliphatic rings. The van der Waals surface area contributed by atoms with Crippen molar-refractivity contribution in [3.8, 4) is 11.5 Å². The van der Waals surface area contributed by atoms with Crippen LogP contribution in [-0.4, -0.2) is 13.2 Å². The first kappa shape index (κ1) is 18.8. The highest BCUT2D eigenvalue weighted by Crippen LogP contribution is 2.48. The first-order valence-electron chi connectivity index (χ1n) is 8.93. The van der Waals surface area contributed by atoms with Crippen LogP contribution in [0, 0.1) is 0 Å². The number of fused-ring (bicyclic) bond motifs is 2. The van der Waals surface area contributed by atoms with Gasteiger partial charge in [0.1, 0.15) is 11.5 Å². The summed E-state index contributed by atoms with van der Waals surface area (Å²) in [7, 11) is 0. The number of ether oxygens (including phenoxy) is 2. The molecular formula is C21H24Br2O2. The van der Waals surface area contributed by atoms with Gasteiger partial charge in [-0.15, -0.1) is 0 Å². The fraction of sp³-hybridized carbons (Fsp3) is 0.429. The molecule has 0 saturated heterocycles. The largest absolute Gasteiger partial charge is 0.493 e. The highest BCUT2D eigenvalue weighted by molar-refractivity contribution is 9.12. The minimum absolute atomic E-state index is 0.0987. The van der Waals surface area contributed by atoms with Gasteiger partial charge in [0.15, 0.2) is 0 Å². The molecule has 2 atom stereocenters. The Labute approximate surface area is 167 Å². The van der Waals surface area contributed by atoms with Gasteiger partial charge in [0.05, 0.1) is 22.9 Å². The van der Waals surface area contributed by atoms with Gasteiger partial charge in [-0.1, -0.05) is 70.0 Å². The summed E-state index contributed by atoms with van der Waals surface area (Å²) in [6.45, 7) is 5.68. The predicted octanol–water partition coefficient (Wildman–Crippen LogP) is 6.54. The van der Waals surface area contributed by atoms with Crippen LogP contribution < -0.4 is 9.47 Å². The van der Waals surface area contributed by atoms with Crippen LogP contribution in [0.5, 0.6) is 11.5 Å². The number of rotatable bonds is 2. The number of benzene rings is 2. The zero-order valence-corrected chi connectivity index (χ0v) is 17.9. The van der Waals surface area contributed by atoms with Crippen molar-refractivity contribution in [2.75, 3.05) is 13.2 Å². The number of hydrogen-bond donors (Lipinski definition) is 0. The van der Waals surface area contributed by atoms with Gasteiger partial charge in [0.2, 0.25) is 0 Å². The van der Waals surface area contributed by atoms with E-state index in [1.807, 2.05) is 0 Å². The van der Waals surface area contributed by atoms with Gasteiger partial charge in [-0.3, -0.25) is 0 Å². The summed E-state index contributed by atoms with van der Waals surface area (Å²) in [4.78, 5) is 0.197. The summed E-state index contributed by atoms with van der Waals surface area (Å²) in [5.41, 5.74) is 5.02. The summed E-state index contributed by atoms with van der Waals surface area (Å²) < 4.78 is 12.1. The van der Waals surface area contributed by atoms with Crippen molar-refractivity contribution in [3.63, 3.8) is 0 Å². The Balaban J connectivity index is 2.07. The third-order valence-corrected chi connectivity index (χ3v) is 7.37. The number of hydrogen-bond acceptors (Lipinski definition) is 2. The van der Waals surface area contributed by atoms with E-state index in [0.29, 0.717) is 13.2 Å². The normalized spacial score (nSPS) is 20.5. The fourth-order valence-corrected chi connectivity index (χ4v) is 4.35. The molecule has 0 aromatic heterocycles. The highest BCUT2D eigenvalue weighted by atomic mass is 79.9. The average molecular weight is 468 g/mol. The number of halogens is 2. The maximum atomic E-state index is 6.05. The maximum absolute atomic E-state index is 6.05. The Morgan fingerprint density at radius 2 is 1.24 bits per heavy atom. The Hall–Kier alpha value is -1.00. The van der Waals surface area contributed by atoms with E-state index in [-0.39, 0.29) is 9.65 Å². The topological polar surface area (TPSA) is 18.5 Å². The summed E-state index contributed by atoms with van der Waals surface area (Å²) in [5.74, 6) is 1.91. The van der Waals surface area contributed by atoms with Gasteiger partial charge in [-0.05, 0) is 36.1 Å². The lowest BCUT2D eigenvalue weighted by atomic mass is 9.98. The summed E-state index contributed by atoms with van der Waals surface area (Å²) in [6.07, 6.45) is 2.89. The van der Waals surface area contributed by atoms with E-state index < -0.39 is 0 Å². The molecule has 4 heteroatoms. The van der Waals surface area contributed by atoms with E-state index in [0.717, 1.165) is 30.8 Å². The Kier molecular flexibility index (Phi) is 6.45. The molecule has 134 valence electrons. The van der Waals surface area contributed by atoms with E-state index in [4.69, 9.17) is 9.47 Å². The minimum atomic E-state index is 0.0987. The first-order valence-corrected chi connectivity index (χ1v) is 10.8. The van der Waals surface area contributed by atoms with Crippen LogP contribution in [-0.2, 0) is 12.8 Å². The van der Waals surface area contributed by atoms with E-state index in [2.05, 4.69) is 82.1 Å². The van der Waals surface area contributed by atoms with Gasteiger partial charge in [-0.2, -0.15) is 0 Å². The standard InChI is InChI=1S/C21H24Br2O2/c1-3-14-6-8-18-16(12-14)20(22)21(23)17-13-15(4-2)7-9-19(17)25-11-5-10-24-18/h6-9,12-13,20-21H,3-5,10-11H2,1-2H3. The molecular weight excluding hydrogens is 444 g/mol. The van der Waals surface area contributed by atoms with Gasteiger partial charge >= 0.3 is 0 Å². The average Bonchev–Trinajstić information content (AvgIpc) is 2.68. The van der Waals surface area contributed by atoms with Gasteiger partial charge < -0.3 is 9.47 Å². The SMILES string of the molecule is CCc1ccc2c(c1)C(Br)C(Br)c1cc(CC)ccc1OCCCO2. The number of alkyl halides is 2. The van der Waals surface area contributed by atoms with Gasteiger partial charge in [0.25, 0.3) is 0 Å². The van der Waals surface area contributed by atoms with E-state index in [1.165, 1.54) is 22.3 Å². The Morgan fingerprint density at radius 3 is 1.64 bits per heavy atom. The molecule has 0 spiro atoms. The second kappa shape index (κ2) is 8.59. The zero-order valence-electron chi connectivity index (χ0n) is 14.7. The molecule has 0 saturated carbocycles. The smallest absolute Gasteiger partial charge is 0.123 e. The van der Waals surface area contributed by atoms with Crippen molar-refractivity contribution >= 4 is 31.9 Å². The molecule has 0 radical (unpaired) electrons. The molecule has 25 heavy (non-hydrogen) atoms. The Bertz CT molecular complexity index is 668. The summed E-state index contributed by atoms with van der Waals surface area (Å²) in [5, 5.41) is 0. The quantitative estimate of drug-likeness (QED) is 0.466. The van der Waals surface area contributed by atoms with E-state index in [1.54, 1.807) is 0 Å². The van der Waals surface area contributed by atoms with E-state index >= 15 is 0 Å². The van der Waals surface area contributed by atoms with Gasteiger partial charge in [0, 0.05) is 17.5 Å². The lowest BCUT2D eigenvalue weighted by molar-refractivity contribution is 0.246. The molecule has 2 aromatic carbocycles. The maximum Gasteiger partial charge on any atom is 0.123 e. The van der Waals surface area contributed by atoms with Crippen LogP contribution in [0.1, 0.15) is 52.2 Å². The first-order chi connectivity index (χ1) is 12.1. The molecule has 1 aliphatic heterocycles. The summed E-state index contributed by atoms with van der Waals surface area (Å²) >= 11 is 7.84. The summed E-state index contributed by atoms with van der Waals surface area (Å²) in [6, 6.07) is 13.0. The van der Waals surface area contributed by atoms with Crippen LogP contribution >= 0.6 is 31.9 Å². The van der Waals surface area contributed by atoms with Crippen LogP contribution in [0.2, 0.25) is 0 Å². The van der Waals surface area contributed by atoms with Crippen molar-refractivity contribution in [2.45, 2.75) is 42.8 Å². The van der Waals surface area contributed by atoms with Gasteiger partial charge in [-0.25, -0.2) is 0 Å². The zero-order chi connectivity index (χ0) is 17.8. The molecule has 0 fully saturated rings. The fourth-order valence-electron chi connectivity index (χ4n) is 3.07. The molecule has 2 unspecified atom stereocenters. The van der Waals surface area contributed by atoms with Crippen molar-refractivity contribution in [1.82, 2.24) is 0 Å². The van der Waals surface area contributed by atoms with Crippen molar-refractivity contribution in [1.29, 1.82) is 0 Å². The molecule has 3 rings (SSSR count). The lowest BCUT2D eigenvalue weighted by Crippen LogP contribution is -2.06. The van der Waals surface area contributed by atoms with Crippen molar-refractivity contribution in [2.24, 2.45) is 0 Å². The van der Waals surface area contributed by atoms with Crippen molar-refractivity contribution < 1.29 is 9.47 Å². The minimum Gasteiger partial charge on any atom is -0.493 e. The van der Waals surface area contributed by atoms with Crippen LogP contribution in [0.3, 0.4) is 0 Å². The molecule has 2 aromatic rings. The molecule has 0 amide bonds. The molecule has 1 heterocycles. The highest BCUT2D eigenvalue weighted by Gasteiger charge is 2.26. The second-order valence-electron chi connectivity index (χ2n) is 6.31. The molecule has 0 bridgehead atoms. The third kappa shape index (κ3) is 4.22. The molecule has 2 nitrogen and oxygen atoms in total. The van der Waals surface area contributed by atoms with E-state index in [9.17, 15) is 0 Å². The molecule has 0 aliphatic carbocycles. The third-order valence-electron chi connectivity index (χ3n) is 4.62. The predicted molar refractivity (Wildman–Crippen MR) is 111 cm³/mol. The Morgan fingerprint density at radius 1 is 0.800 bits per heavy atom. The lowest BCUT2D eigenvalue weighted by Gasteiger charge is -2.22. The van der Waals surface area contributed by atoms with Crippen LogP contribution in [0.4, 0.5) is 0 Å². The van der Waals surface area contributed by atoms with Crippen LogP contribution in [0.25, 0.3) is 0 Å². The second-order valence-corrected chi connectivity index (χ2v) is 8.28. The number of aryl methyl sites for hydroxylation is 2. The van der Waals surface area contributed by atoms with Crippen molar-refractivity contribution in [3.05, 3.63) is 58.7 Å². The molecule has 0 N–H and O–H groups in total. The monoisotopic (exact) mass is 466 g/mol. The van der Waals surface area contributed by atoms with Crippen LogP contribution in [0.15, 0.2) is 36.4 Å².